The zero-order chi connectivity index (χ0) is 28.5. The van der Waals surface area contributed by atoms with Gasteiger partial charge in [-0.1, -0.05) is 90.1 Å². The van der Waals surface area contributed by atoms with Crippen molar-refractivity contribution in [2.75, 3.05) is 0 Å². The van der Waals surface area contributed by atoms with Crippen LogP contribution in [0.4, 0.5) is 0 Å². The summed E-state index contributed by atoms with van der Waals surface area (Å²) in [6, 6.07) is 18.0. The first-order valence-corrected chi connectivity index (χ1v) is 25.4. The molecule has 0 aliphatic heterocycles. The van der Waals surface area contributed by atoms with Crippen LogP contribution in [-0.4, -0.2) is 33.3 Å². The molecule has 0 aromatic heterocycles. The molecule has 37 heavy (non-hydrogen) atoms. The molecule has 0 unspecified atom stereocenters. The third-order valence-electron chi connectivity index (χ3n) is 8.62. The van der Waals surface area contributed by atoms with Crippen LogP contribution < -0.4 is 10.4 Å². The lowest BCUT2D eigenvalue weighted by atomic mass is 10.2. The highest BCUT2D eigenvalue weighted by molar-refractivity contribution is 6.96. The Bertz CT molecular complexity index is 929. The van der Waals surface area contributed by atoms with Crippen molar-refractivity contribution in [3.8, 4) is 0 Å². The molecular weight excluding hydrogens is 521 g/mol. The second-order valence-electron chi connectivity index (χ2n) is 14.6. The van der Waals surface area contributed by atoms with Gasteiger partial charge in [0.15, 0.2) is 16.6 Å². The van der Waals surface area contributed by atoms with Gasteiger partial charge in [0.25, 0.3) is 0 Å². The summed E-state index contributed by atoms with van der Waals surface area (Å²) in [6.45, 7) is 33.6. The van der Waals surface area contributed by atoms with Gasteiger partial charge >= 0.3 is 0 Å². The molecule has 0 N–H and O–H groups in total. The first kappa shape index (κ1) is 32.4. The molecule has 0 spiro atoms. The van der Waals surface area contributed by atoms with E-state index in [2.05, 4.69) is 142 Å². The zero-order valence-electron chi connectivity index (χ0n) is 26.3. The SMILES string of the molecule is CC(C)(C)[Si](C)(C)OCc1ccc([Si](C)(C)O[Si](C)(C)c2ccc(CO[Si](C)(C)C(C)(C)C)cc2)cc1. The van der Waals surface area contributed by atoms with E-state index in [9.17, 15) is 0 Å². The highest BCUT2D eigenvalue weighted by Gasteiger charge is 2.39. The molecule has 0 heterocycles. The Hall–Kier alpha value is -0.812. The van der Waals surface area contributed by atoms with E-state index in [1.807, 2.05) is 0 Å². The van der Waals surface area contributed by atoms with E-state index in [0.29, 0.717) is 13.2 Å². The quantitative estimate of drug-likeness (QED) is 0.267. The predicted octanol–water partition coefficient (Wildman–Crippen LogP) is 8.27. The van der Waals surface area contributed by atoms with E-state index < -0.39 is 33.3 Å². The van der Waals surface area contributed by atoms with Crippen LogP contribution in [-0.2, 0) is 26.2 Å². The number of benzene rings is 2. The summed E-state index contributed by atoms with van der Waals surface area (Å²) in [5.74, 6) is 0. The van der Waals surface area contributed by atoms with Crippen LogP contribution in [0.1, 0.15) is 52.7 Å². The van der Waals surface area contributed by atoms with Crippen LogP contribution in [0, 0.1) is 0 Å². The molecule has 3 nitrogen and oxygen atoms in total. The van der Waals surface area contributed by atoms with Crippen LogP contribution >= 0.6 is 0 Å². The first-order valence-electron chi connectivity index (χ1n) is 13.7. The monoisotopic (exact) mass is 574 g/mol. The van der Waals surface area contributed by atoms with Gasteiger partial charge in [-0.15, -0.1) is 0 Å². The predicted molar refractivity (Wildman–Crippen MR) is 172 cm³/mol. The van der Waals surface area contributed by atoms with Crippen molar-refractivity contribution in [1.29, 1.82) is 0 Å². The standard InChI is InChI=1S/C30H54O3Si4/c1-29(2,3)36(11,12)31-23-25-15-19-27(20-16-25)34(7,8)33-35(9,10)28-21-17-26(18-22-28)24-32-37(13,14)30(4,5)6/h15-22H,23-24H2,1-14H3. The second-order valence-corrected chi connectivity index (χ2v) is 32.2. The Labute approximate surface area is 232 Å². The van der Waals surface area contributed by atoms with E-state index in [-0.39, 0.29) is 10.1 Å². The summed E-state index contributed by atoms with van der Waals surface area (Å²) < 4.78 is 19.9. The van der Waals surface area contributed by atoms with Crippen LogP contribution in [0.2, 0.25) is 62.5 Å². The minimum absolute atomic E-state index is 0.224. The van der Waals surface area contributed by atoms with E-state index in [4.69, 9.17) is 13.0 Å². The molecule has 0 aliphatic carbocycles. The van der Waals surface area contributed by atoms with Crippen LogP contribution in [0.5, 0.6) is 0 Å². The van der Waals surface area contributed by atoms with Gasteiger partial charge < -0.3 is 13.0 Å². The van der Waals surface area contributed by atoms with Gasteiger partial charge in [-0.05, 0) is 84.0 Å². The fourth-order valence-corrected chi connectivity index (χ4v) is 13.6. The second kappa shape index (κ2) is 11.4. The van der Waals surface area contributed by atoms with Crippen molar-refractivity contribution in [3.05, 3.63) is 59.7 Å². The zero-order valence-corrected chi connectivity index (χ0v) is 30.3. The molecule has 0 atom stereocenters. The maximum absolute atomic E-state index is 7.02. The van der Waals surface area contributed by atoms with Gasteiger partial charge in [-0.3, -0.25) is 0 Å². The summed E-state index contributed by atoms with van der Waals surface area (Å²) in [5.41, 5.74) is 2.48. The van der Waals surface area contributed by atoms with Crippen LogP contribution in [0.15, 0.2) is 48.5 Å². The van der Waals surface area contributed by atoms with E-state index in [1.165, 1.54) is 21.5 Å². The average molecular weight is 575 g/mol. The molecule has 2 rings (SSSR count). The molecule has 0 fully saturated rings. The van der Waals surface area contributed by atoms with Crippen molar-refractivity contribution in [2.24, 2.45) is 0 Å². The molecular formula is C30H54O3Si4. The normalized spacial score (nSPS) is 14.2. The average Bonchev–Trinajstić information content (AvgIpc) is 2.75. The summed E-state index contributed by atoms with van der Waals surface area (Å²) in [5, 5.41) is 3.12. The molecule has 7 heteroatoms. The van der Waals surface area contributed by atoms with Crippen LogP contribution in [0.25, 0.3) is 0 Å². The molecule has 0 aliphatic rings. The Morgan fingerprint density at radius 1 is 0.486 bits per heavy atom. The van der Waals surface area contributed by atoms with Gasteiger partial charge in [0.2, 0.25) is 16.6 Å². The lowest BCUT2D eigenvalue weighted by Gasteiger charge is -2.36. The topological polar surface area (TPSA) is 27.7 Å². The molecule has 0 bridgehead atoms. The van der Waals surface area contributed by atoms with Gasteiger partial charge in [-0.25, -0.2) is 0 Å². The van der Waals surface area contributed by atoms with E-state index in [1.54, 1.807) is 0 Å². The molecule has 2 aromatic rings. The van der Waals surface area contributed by atoms with Crippen molar-refractivity contribution in [3.63, 3.8) is 0 Å². The smallest absolute Gasteiger partial charge is 0.206 e. The Morgan fingerprint density at radius 2 is 0.757 bits per heavy atom. The summed E-state index contributed by atoms with van der Waals surface area (Å²) in [4.78, 5) is 0. The van der Waals surface area contributed by atoms with Gasteiger partial charge in [-0.2, -0.15) is 0 Å². The largest absolute Gasteiger partial charge is 0.449 e. The minimum atomic E-state index is -2.07. The lowest BCUT2D eigenvalue weighted by Crippen LogP contribution is -2.57. The lowest BCUT2D eigenvalue weighted by molar-refractivity contribution is 0.276. The summed E-state index contributed by atoms with van der Waals surface area (Å²) in [6.07, 6.45) is 0. The Balaban J connectivity index is 2.06. The molecule has 2 aromatic carbocycles. The molecule has 0 saturated heterocycles. The molecule has 208 valence electrons. The van der Waals surface area contributed by atoms with Crippen molar-refractivity contribution in [1.82, 2.24) is 0 Å². The van der Waals surface area contributed by atoms with E-state index >= 15 is 0 Å². The molecule has 0 amide bonds. The number of rotatable bonds is 10. The van der Waals surface area contributed by atoms with Gasteiger partial charge in [0.1, 0.15) is 0 Å². The van der Waals surface area contributed by atoms with Crippen LogP contribution in [0.3, 0.4) is 0 Å². The number of hydrogen-bond donors (Lipinski definition) is 0. The van der Waals surface area contributed by atoms with Crippen molar-refractivity contribution in [2.45, 2.75) is 117 Å². The minimum Gasteiger partial charge on any atom is -0.449 e. The first-order chi connectivity index (χ1) is 16.6. The van der Waals surface area contributed by atoms with Gasteiger partial charge in [0.05, 0.1) is 13.2 Å². The highest BCUT2D eigenvalue weighted by Crippen LogP contribution is 2.38. The van der Waals surface area contributed by atoms with Crippen molar-refractivity contribution >= 4 is 43.6 Å². The van der Waals surface area contributed by atoms with E-state index in [0.717, 1.165) is 0 Å². The molecule has 0 saturated carbocycles. The fraction of sp³-hybridized carbons (Fsp3) is 0.600. The maximum atomic E-state index is 7.02. The summed E-state index contributed by atoms with van der Waals surface area (Å²) in [7, 11) is -7.65. The molecule has 0 radical (unpaired) electrons. The van der Waals surface area contributed by atoms with Gasteiger partial charge in [0, 0.05) is 0 Å². The van der Waals surface area contributed by atoms with Crippen molar-refractivity contribution < 1.29 is 13.0 Å². The Morgan fingerprint density at radius 3 is 1.00 bits per heavy atom. The Kier molecular flexibility index (Phi) is 9.94. The number of hydrogen-bond acceptors (Lipinski definition) is 3. The summed E-state index contributed by atoms with van der Waals surface area (Å²) >= 11 is 0. The third kappa shape index (κ3) is 8.59. The third-order valence-corrected chi connectivity index (χ3v) is 25.1. The maximum Gasteiger partial charge on any atom is 0.206 e. The highest BCUT2D eigenvalue weighted by atomic mass is 28.4. The fourth-order valence-electron chi connectivity index (χ4n) is 3.72.